The zero-order chi connectivity index (χ0) is 31.8. The lowest BCUT2D eigenvalue weighted by molar-refractivity contribution is -0.369. The predicted octanol–water partition coefficient (Wildman–Crippen LogP) is 4.39. The Balaban J connectivity index is 1.06. The molecule has 0 spiro atoms. The molecule has 5 fully saturated rings. The molecule has 6 heterocycles. The maximum atomic E-state index is 14.3. The summed E-state index contributed by atoms with van der Waals surface area (Å²) in [6, 6.07) is 14.8. The standard InChI is InChI=1S/C36H49ClN6O3/c1-3-39-16-18-40(19-17-39)30-10-13-41(14-11-30)35(45)29(21-27-8-9-32(37)26(2)20-27)22-34(44)43-15-12-31-23-36(43,46-31)42-24-28-6-4-5-7-33(28)38-25-42/h4-9,20,29-31,38H,3,10-19,21-25H2,1-2H3. The van der Waals surface area contributed by atoms with Crippen molar-refractivity contribution in [2.75, 3.05) is 64.3 Å². The second kappa shape index (κ2) is 13.4. The van der Waals surface area contributed by atoms with Crippen molar-refractivity contribution in [3.05, 3.63) is 64.2 Å². The fraction of sp³-hybridized carbons (Fsp3) is 0.611. The molecule has 2 amide bonds. The minimum absolute atomic E-state index is 0.00438. The van der Waals surface area contributed by atoms with E-state index in [0.717, 1.165) is 88.3 Å². The average molecular weight is 649 g/mol. The Morgan fingerprint density at radius 1 is 1.02 bits per heavy atom. The summed E-state index contributed by atoms with van der Waals surface area (Å²) in [4.78, 5) is 40.0. The zero-order valence-electron chi connectivity index (χ0n) is 27.4. The average Bonchev–Trinajstić information content (AvgIpc) is 3.08. The molecule has 2 bridgehead atoms. The van der Waals surface area contributed by atoms with E-state index in [-0.39, 0.29) is 24.3 Å². The minimum atomic E-state index is -0.759. The summed E-state index contributed by atoms with van der Waals surface area (Å²) in [6.45, 7) is 13.3. The molecule has 5 saturated heterocycles. The molecular weight excluding hydrogens is 600 g/mol. The number of amides is 2. The number of nitrogens with zero attached hydrogens (tertiary/aromatic N) is 5. The number of carbonyl (C=O) groups is 2. The molecule has 2 aromatic carbocycles. The molecule has 6 aliphatic heterocycles. The second-order valence-corrected chi connectivity index (χ2v) is 14.3. The highest BCUT2D eigenvalue weighted by Gasteiger charge is 2.59. The molecule has 1 N–H and O–H groups in total. The van der Waals surface area contributed by atoms with Crippen LogP contribution in [0, 0.1) is 12.8 Å². The van der Waals surface area contributed by atoms with Crippen molar-refractivity contribution in [2.24, 2.45) is 5.92 Å². The number of likely N-dealkylation sites (N-methyl/N-ethyl adjacent to an activating group) is 1. The van der Waals surface area contributed by atoms with Crippen molar-refractivity contribution in [1.82, 2.24) is 24.5 Å². The Labute approximate surface area is 278 Å². The Hall–Kier alpha value is -2.69. The van der Waals surface area contributed by atoms with Gasteiger partial charge in [0.15, 0.2) is 0 Å². The van der Waals surface area contributed by atoms with Gasteiger partial charge in [-0.25, -0.2) is 4.90 Å². The minimum Gasteiger partial charge on any atom is -0.372 e. The highest BCUT2D eigenvalue weighted by atomic mass is 35.5. The molecule has 2 aromatic rings. The van der Waals surface area contributed by atoms with Gasteiger partial charge < -0.3 is 24.8 Å². The number of nitrogens with one attached hydrogen (secondary N) is 1. The summed E-state index contributed by atoms with van der Waals surface area (Å²) < 4.78 is 6.51. The number of piperidine rings is 2. The van der Waals surface area contributed by atoms with E-state index < -0.39 is 11.8 Å². The Morgan fingerprint density at radius 2 is 1.78 bits per heavy atom. The van der Waals surface area contributed by atoms with E-state index >= 15 is 0 Å². The van der Waals surface area contributed by atoms with Crippen molar-refractivity contribution in [2.45, 2.75) is 76.9 Å². The Morgan fingerprint density at radius 3 is 2.52 bits per heavy atom. The van der Waals surface area contributed by atoms with Crippen LogP contribution in [-0.4, -0.2) is 113 Å². The Kier molecular flexibility index (Phi) is 9.31. The number of piperazine rings is 1. The normalized spacial score (nSPS) is 26.6. The van der Waals surface area contributed by atoms with Crippen LogP contribution < -0.4 is 5.32 Å². The van der Waals surface area contributed by atoms with Gasteiger partial charge in [0.25, 0.3) is 0 Å². The summed E-state index contributed by atoms with van der Waals surface area (Å²) in [6.07, 6.45) is 4.50. The molecule has 0 aliphatic carbocycles. The van der Waals surface area contributed by atoms with E-state index in [1.165, 1.54) is 5.56 Å². The monoisotopic (exact) mass is 648 g/mol. The molecule has 46 heavy (non-hydrogen) atoms. The lowest BCUT2D eigenvalue weighted by atomic mass is 9.89. The third-order valence-corrected chi connectivity index (χ3v) is 11.6. The SMILES string of the molecule is CCN1CCN(C2CCN(C(=O)C(CC(=O)N3CCC4CC3(N3CNc5ccccc5C3)O4)Cc3ccc(Cl)c(C)c3)CC2)CC1. The van der Waals surface area contributed by atoms with Gasteiger partial charge in [-0.1, -0.05) is 48.9 Å². The van der Waals surface area contributed by atoms with Crippen LogP contribution in [0.3, 0.4) is 0 Å². The number of aryl methyl sites for hydroxylation is 1. The first kappa shape index (κ1) is 31.9. The van der Waals surface area contributed by atoms with Crippen molar-refractivity contribution >= 4 is 29.1 Å². The van der Waals surface area contributed by atoms with Crippen LogP contribution >= 0.6 is 11.6 Å². The molecule has 6 aliphatic rings. The largest absolute Gasteiger partial charge is 0.372 e. The fourth-order valence-corrected chi connectivity index (χ4v) is 8.51. The first-order chi connectivity index (χ1) is 22.3. The van der Waals surface area contributed by atoms with Crippen LogP contribution in [0.1, 0.15) is 55.7 Å². The third kappa shape index (κ3) is 6.29. The van der Waals surface area contributed by atoms with Crippen LogP contribution in [0.4, 0.5) is 5.69 Å². The molecule has 0 saturated carbocycles. The fourth-order valence-electron chi connectivity index (χ4n) is 8.39. The molecule has 3 atom stereocenters. The lowest BCUT2D eigenvalue weighted by Crippen LogP contribution is -2.76. The summed E-state index contributed by atoms with van der Waals surface area (Å²) in [5.74, 6) is -1.09. The molecule has 248 valence electrons. The molecular formula is C36H49ClN6O3. The zero-order valence-corrected chi connectivity index (χ0v) is 28.2. The van der Waals surface area contributed by atoms with Crippen LogP contribution in [0.15, 0.2) is 42.5 Å². The van der Waals surface area contributed by atoms with Crippen molar-refractivity contribution < 1.29 is 14.3 Å². The van der Waals surface area contributed by atoms with Crippen LogP contribution in [0.2, 0.25) is 5.02 Å². The summed E-state index contributed by atoms with van der Waals surface area (Å²) in [5.41, 5.74) is 4.37. The van der Waals surface area contributed by atoms with E-state index in [2.05, 4.69) is 51.2 Å². The maximum absolute atomic E-state index is 14.3. The molecule has 10 heteroatoms. The smallest absolute Gasteiger partial charge is 0.226 e. The van der Waals surface area contributed by atoms with Crippen molar-refractivity contribution in [3.8, 4) is 0 Å². The van der Waals surface area contributed by atoms with E-state index in [1.807, 2.05) is 34.9 Å². The summed E-state index contributed by atoms with van der Waals surface area (Å²) in [5, 5.41) is 4.24. The van der Waals surface area contributed by atoms with Crippen LogP contribution in [0.25, 0.3) is 0 Å². The topological polar surface area (TPSA) is 71.6 Å². The predicted molar refractivity (Wildman–Crippen MR) is 180 cm³/mol. The lowest BCUT2D eigenvalue weighted by Gasteiger charge is -2.63. The number of likely N-dealkylation sites (tertiary alicyclic amines) is 1. The quantitative estimate of drug-likeness (QED) is 0.456. The van der Waals surface area contributed by atoms with Gasteiger partial charge in [-0.2, -0.15) is 0 Å². The second-order valence-electron chi connectivity index (χ2n) is 13.9. The number of halogens is 1. The van der Waals surface area contributed by atoms with Gasteiger partial charge in [0.2, 0.25) is 17.7 Å². The first-order valence-corrected chi connectivity index (χ1v) is 17.8. The molecule has 0 radical (unpaired) electrons. The van der Waals surface area contributed by atoms with E-state index in [1.54, 1.807) is 0 Å². The van der Waals surface area contributed by atoms with Crippen molar-refractivity contribution in [1.29, 1.82) is 0 Å². The van der Waals surface area contributed by atoms with Gasteiger partial charge in [-0.3, -0.25) is 14.5 Å². The highest BCUT2D eigenvalue weighted by molar-refractivity contribution is 6.31. The molecule has 3 unspecified atom stereocenters. The Bertz CT molecular complexity index is 1420. The van der Waals surface area contributed by atoms with Gasteiger partial charge in [0.1, 0.15) is 0 Å². The number of para-hydroxylation sites is 1. The first-order valence-electron chi connectivity index (χ1n) is 17.4. The summed E-state index contributed by atoms with van der Waals surface area (Å²) >= 11 is 6.36. The van der Waals surface area contributed by atoms with Crippen molar-refractivity contribution in [3.63, 3.8) is 0 Å². The van der Waals surface area contributed by atoms with Gasteiger partial charge in [0, 0.05) is 82.0 Å². The third-order valence-electron chi connectivity index (χ3n) is 11.2. The van der Waals surface area contributed by atoms with Gasteiger partial charge >= 0.3 is 0 Å². The van der Waals surface area contributed by atoms with E-state index in [4.69, 9.17) is 16.3 Å². The van der Waals surface area contributed by atoms with Gasteiger partial charge in [-0.15, -0.1) is 0 Å². The molecule has 8 rings (SSSR count). The van der Waals surface area contributed by atoms with Gasteiger partial charge in [0.05, 0.1) is 18.7 Å². The number of benzene rings is 2. The molecule has 0 aromatic heterocycles. The number of hydrogen-bond donors (Lipinski definition) is 1. The summed E-state index contributed by atoms with van der Waals surface area (Å²) in [7, 11) is 0. The number of rotatable bonds is 8. The number of anilines is 1. The van der Waals surface area contributed by atoms with Gasteiger partial charge in [-0.05, 0) is 68.0 Å². The number of carbonyl (C=O) groups excluding carboxylic acids is 2. The van der Waals surface area contributed by atoms with E-state index in [9.17, 15) is 9.59 Å². The molecule has 9 nitrogen and oxygen atoms in total. The van der Waals surface area contributed by atoms with Crippen LogP contribution in [-0.2, 0) is 27.3 Å². The van der Waals surface area contributed by atoms with E-state index in [0.29, 0.717) is 37.2 Å². The number of hydrogen-bond acceptors (Lipinski definition) is 7. The maximum Gasteiger partial charge on any atom is 0.226 e. The highest BCUT2D eigenvalue weighted by Crippen LogP contribution is 2.47. The number of ether oxygens (including phenoxy) is 1. The van der Waals surface area contributed by atoms with Crippen LogP contribution in [0.5, 0.6) is 0 Å². The number of fused-ring (bicyclic) bond motifs is 3.